The van der Waals surface area contributed by atoms with Gasteiger partial charge in [-0.1, -0.05) is 29.3 Å². The number of carbonyl (C=O) groups excluding carboxylic acids is 1. The topological polar surface area (TPSA) is 56.8 Å². The van der Waals surface area contributed by atoms with Crippen LogP contribution >= 0.6 is 23.2 Å². The van der Waals surface area contributed by atoms with Crippen molar-refractivity contribution in [3.8, 4) is 11.5 Å². The highest BCUT2D eigenvalue weighted by Gasteiger charge is 2.30. The Labute approximate surface area is 181 Å². The average molecular weight is 492 g/mol. The number of ether oxygens (including phenoxy) is 2. The van der Waals surface area contributed by atoms with Crippen LogP contribution in [0.25, 0.3) is 0 Å². The number of alkyl halides is 6. The molecule has 2 aromatic rings. The van der Waals surface area contributed by atoms with Crippen molar-refractivity contribution in [3.05, 3.63) is 57.6 Å². The van der Waals surface area contributed by atoms with E-state index in [1.54, 1.807) is 0 Å². The van der Waals surface area contributed by atoms with E-state index < -0.39 is 48.5 Å². The van der Waals surface area contributed by atoms with E-state index in [1.807, 2.05) is 5.48 Å². The number of benzene rings is 2. The summed E-state index contributed by atoms with van der Waals surface area (Å²) >= 11 is 11.7. The summed E-state index contributed by atoms with van der Waals surface area (Å²) in [5.41, 5.74) is 1.85. The standard InChI is InChI=1S/C18H13Cl2F6NO4/c19-11-2-1-10(14(20)5-11)7-31-27-16(28)13-6-12(29-8-17(21,22)23)3-4-15(13)30-9-18(24,25)26/h1-6H,7-9H2,(H,27,28). The second-order valence-electron chi connectivity index (χ2n) is 5.92. The van der Waals surface area contributed by atoms with Crippen LogP contribution < -0.4 is 15.0 Å². The van der Waals surface area contributed by atoms with Crippen LogP contribution in [0.4, 0.5) is 26.3 Å². The molecule has 0 atom stereocenters. The SMILES string of the molecule is O=C(NOCc1ccc(Cl)cc1Cl)c1cc(OCC(F)(F)F)ccc1OCC(F)(F)F. The van der Waals surface area contributed by atoms with Gasteiger partial charge in [0.05, 0.1) is 5.56 Å². The Morgan fingerprint density at radius 3 is 2.16 bits per heavy atom. The third-order valence-corrected chi connectivity index (χ3v) is 3.98. The Hall–Kier alpha value is -2.37. The minimum Gasteiger partial charge on any atom is -0.484 e. The van der Waals surface area contributed by atoms with E-state index in [2.05, 4.69) is 9.47 Å². The lowest BCUT2D eigenvalue weighted by molar-refractivity contribution is -0.154. The number of rotatable bonds is 8. The Morgan fingerprint density at radius 2 is 1.55 bits per heavy atom. The summed E-state index contributed by atoms with van der Waals surface area (Å²) in [6.45, 7) is -3.62. The number of nitrogens with one attached hydrogen (secondary N) is 1. The van der Waals surface area contributed by atoms with Crippen LogP contribution in [0.2, 0.25) is 10.0 Å². The molecule has 31 heavy (non-hydrogen) atoms. The smallest absolute Gasteiger partial charge is 0.422 e. The van der Waals surface area contributed by atoms with Gasteiger partial charge in [-0.25, -0.2) is 5.48 Å². The fourth-order valence-corrected chi connectivity index (χ4v) is 2.56. The van der Waals surface area contributed by atoms with Crippen LogP contribution in [0.1, 0.15) is 15.9 Å². The van der Waals surface area contributed by atoms with Crippen LogP contribution in [-0.2, 0) is 11.4 Å². The van der Waals surface area contributed by atoms with Gasteiger partial charge in [0.15, 0.2) is 13.2 Å². The van der Waals surface area contributed by atoms with Gasteiger partial charge in [0.25, 0.3) is 5.91 Å². The van der Waals surface area contributed by atoms with E-state index in [4.69, 9.17) is 28.0 Å². The third kappa shape index (κ3) is 8.72. The molecule has 0 aliphatic rings. The Morgan fingerprint density at radius 1 is 0.903 bits per heavy atom. The van der Waals surface area contributed by atoms with Gasteiger partial charge in [-0.05, 0) is 35.9 Å². The maximum Gasteiger partial charge on any atom is 0.422 e. The summed E-state index contributed by atoms with van der Waals surface area (Å²) in [6.07, 6.45) is -9.37. The molecular formula is C18H13Cl2F6NO4. The average Bonchev–Trinajstić information content (AvgIpc) is 2.65. The fraction of sp³-hybridized carbons (Fsp3) is 0.278. The summed E-state index contributed by atoms with van der Waals surface area (Å²) in [4.78, 5) is 17.3. The van der Waals surface area contributed by atoms with E-state index in [9.17, 15) is 31.1 Å². The van der Waals surface area contributed by atoms with Gasteiger partial charge < -0.3 is 9.47 Å². The Kier molecular flexibility index (Phi) is 8.27. The van der Waals surface area contributed by atoms with Crippen molar-refractivity contribution in [1.82, 2.24) is 5.48 Å². The van der Waals surface area contributed by atoms with Crippen molar-refractivity contribution in [3.63, 3.8) is 0 Å². The highest BCUT2D eigenvalue weighted by atomic mass is 35.5. The van der Waals surface area contributed by atoms with E-state index in [1.165, 1.54) is 18.2 Å². The molecule has 0 aromatic heterocycles. The molecule has 0 aliphatic carbocycles. The van der Waals surface area contributed by atoms with Crippen molar-refractivity contribution < 1.29 is 45.4 Å². The summed E-state index contributed by atoms with van der Waals surface area (Å²) in [6, 6.07) is 7.06. The minimum atomic E-state index is -4.71. The highest BCUT2D eigenvalue weighted by molar-refractivity contribution is 6.35. The normalized spacial score (nSPS) is 11.9. The predicted octanol–water partition coefficient (Wildman–Crippen LogP) is 5.74. The molecule has 2 rings (SSSR count). The largest absolute Gasteiger partial charge is 0.484 e. The van der Waals surface area contributed by atoms with Gasteiger partial charge in [0.2, 0.25) is 0 Å². The minimum absolute atomic E-state index is 0.231. The molecular weight excluding hydrogens is 479 g/mol. The number of hydrogen-bond donors (Lipinski definition) is 1. The quantitative estimate of drug-likeness (QED) is 0.378. The molecule has 5 nitrogen and oxygen atoms in total. The summed E-state index contributed by atoms with van der Waals surface area (Å²) in [5.74, 6) is -2.04. The molecule has 0 bridgehead atoms. The fourth-order valence-electron chi connectivity index (χ4n) is 2.10. The summed E-state index contributed by atoms with van der Waals surface area (Å²) in [7, 11) is 0. The van der Waals surface area contributed by atoms with E-state index in [0.717, 1.165) is 18.2 Å². The lowest BCUT2D eigenvalue weighted by atomic mass is 10.2. The van der Waals surface area contributed by atoms with E-state index in [-0.39, 0.29) is 11.6 Å². The zero-order chi connectivity index (χ0) is 23.2. The molecule has 0 saturated heterocycles. The second-order valence-corrected chi connectivity index (χ2v) is 6.76. The van der Waals surface area contributed by atoms with Gasteiger partial charge in [0.1, 0.15) is 18.1 Å². The van der Waals surface area contributed by atoms with Crippen LogP contribution in [0.3, 0.4) is 0 Å². The Bertz CT molecular complexity index is 921. The number of halogens is 8. The summed E-state index contributed by atoms with van der Waals surface area (Å²) < 4.78 is 83.4. The van der Waals surface area contributed by atoms with Gasteiger partial charge >= 0.3 is 12.4 Å². The molecule has 0 spiro atoms. The molecule has 0 unspecified atom stereocenters. The van der Waals surface area contributed by atoms with Crippen LogP contribution in [-0.4, -0.2) is 31.5 Å². The van der Waals surface area contributed by atoms with Gasteiger partial charge in [-0.15, -0.1) is 0 Å². The molecule has 0 fully saturated rings. The first-order valence-electron chi connectivity index (χ1n) is 8.23. The molecule has 0 radical (unpaired) electrons. The lowest BCUT2D eigenvalue weighted by Gasteiger charge is -2.15. The third-order valence-electron chi connectivity index (χ3n) is 3.40. The monoisotopic (exact) mass is 491 g/mol. The van der Waals surface area contributed by atoms with Gasteiger partial charge in [0, 0.05) is 10.0 Å². The molecule has 1 amide bonds. The molecule has 2 aromatic carbocycles. The molecule has 1 N–H and O–H groups in total. The lowest BCUT2D eigenvalue weighted by Crippen LogP contribution is -2.26. The molecule has 0 aliphatic heterocycles. The van der Waals surface area contributed by atoms with Crippen LogP contribution in [0.5, 0.6) is 11.5 Å². The van der Waals surface area contributed by atoms with Crippen LogP contribution in [0, 0.1) is 0 Å². The van der Waals surface area contributed by atoms with Crippen LogP contribution in [0.15, 0.2) is 36.4 Å². The maximum atomic E-state index is 12.4. The van der Waals surface area contributed by atoms with E-state index >= 15 is 0 Å². The number of hydroxylamine groups is 1. The summed E-state index contributed by atoms with van der Waals surface area (Å²) in [5, 5.41) is 0.596. The van der Waals surface area contributed by atoms with Gasteiger partial charge in [-0.3, -0.25) is 9.63 Å². The maximum absolute atomic E-state index is 12.4. The van der Waals surface area contributed by atoms with Crippen molar-refractivity contribution >= 4 is 29.1 Å². The van der Waals surface area contributed by atoms with Gasteiger partial charge in [-0.2, -0.15) is 26.3 Å². The molecule has 170 valence electrons. The number of hydrogen-bond acceptors (Lipinski definition) is 4. The molecule has 0 heterocycles. The second kappa shape index (κ2) is 10.3. The number of carbonyl (C=O) groups is 1. The van der Waals surface area contributed by atoms with E-state index in [0.29, 0.717) is 10.6 Å². The predicted molar refractivity (Wildman–Crippen MR) is 98.3 cm³/mol. The highest BCUT2D eigenvalue weighted by Crippen LogP contribution is 2.28. The zero-order valence-corrected chi connectivity index (χ0v) is 16.8. The van der Waals surface area contributed by atoms with Crippen molar-refractivity contribution in [2.75, 3.05) is 13.2 Å². The number of amides is 1. The zero-order valence-electron chi connectivity index (χ0n) is 15.2. The molecule has 13 heteroatoms. The first-order chi connectivity index (χ1) is 14.3. The van der Waals surface area contributed by atoms with Crippen molar-refractivity contribution in [2.24, 2.45) is 0 Å². The molecule has 0 saturated carbocycles. The van der Waals surface area contributed by atoms with Crippen molar-refractivity contribution in [2.45, 2.75) is 19.0 Å². The van der Waals surface area contributed by atoms with Crippen molar-refractivity contribution in [1.29, 1.82) is 0 Å². The first-order valence-corrected chi connectivity index (χ1v) is 8.99. The Balaban J connectivity index is 2.13. The first kappa shape index (κ1) is 24.9.